The standard InChI is InChI=1S/C28H35IO3/c1-17(30)23-9-10-24-22-8-7-19-16-21(32-26(31)18-5-4-6-20(29)15-18)11-13-27(19,2)25(22)12-14-28(23,24)3/h4-6,9,15,19,21-22,24-25H,7-8,10-14,16H2,1-3H3/t19-,21?,22?,24?,25?,27?,28?/m0/s1. The summed E-state index contributed by atoms with van der Waals surface area (Å²) in [6.45, 7) is 6.65. The Hall–Kier alpha value is -1.17. The average molecular weight is 546 g/mol. The molecule has 5 rings (SSSR count). The fraction of sp³-hybridized carbons (Fsp3) is 0.643. The molecule has 0 bridgehead atoms. The zero-order chi connectivity index (χ0) is 22.7. The number of allylic oxidation sites excluding steroid dienone is 2. The van der Waals surface area contributed by atoms with Crippen LogP contribution in [0, 0.1) is 38.1 Å². The molecule has 1 aromatic carbocycles. The number of carbonyl (C=O) groups excluding carboxylic acids is 2. The summed E-state index contributed by atoms with van der Waals surface area (Å²) in [5, 5.41) is 0. The quantitative estimate of drug-likeness (QED) is 0.303. The van der Waals surface area contributed by atoms with E-state index in [9.17, 15) is 9.59 Å². The zero-order valence-corrected chi connectivity index (χ0v) is 21.7. The first kappa shape index (κ1) is 22.6. The lowest BCUT2D eigenvalue weighted by atomic mass is 9.44. The molecule has 4 heteroatoms. The number of ether oxygens (including phenoxy) is 1. The highest BCUT2D eigenvalue weighted by Gasteiger charge is 2.59. The number of ketones is 1. The molecule has 6 unspecified atom stereocenters. The zero-order valence-electron chi connectivity index (χ0n) is 19.5. The van der Waals surface area contributed by atoms with Crippen LogP contribution in [0.3, 0.4) is 0 Å². The number of esters is 1. The molecular weight excluding hydrogens is 511 g/mol. The lowest BCUT2D eigenvalue weighted by Gasteiger charge is -2.60. The van der Waals surface area contributed by atoms with Crippen LogP contribution in [-0.4, -0.2) is 17.9 Å². The molecule has 4 aliphatic carbocycles. The molecule has 7 atom stereocenters. The van der Waals surface area contributed by atoms with Crippen molar-refractivity contribution in [3.8, 4) is 0 Å². The molecule has 0 radical (unpaired) electrons. The van der Waals surface area contributed by atoms with E-state index in [2.05, 4.69) is 42.5 Å². The second-order valence-electron chi connectivity index (χ2n) is 11.3. The lowest BCUT2D eigenvalue weighted by Crippen LogP contribution is -2.54. The highest BCUT2D eigenvalue weighted by atomic mass is 127. The van der Waals surface area contributed by atoms with Gasteiger partial charge in [-0.15, -0.1) is 0 Å². The summed E-state index contributed by atoms with van der Waals surface area (Å²) in [4.78, 5) is 25.0. The largest absolute Gasteiger partial charge is 0.459 e. The average Bonchev–Trinajstić information content (AvgIpc) is 3.11. The van der Waals surface area contributed by atoms with Gasteiger partial charge >= 0.3 is 5.97 Å². The van der Waals surface area contributed by atoms with E-state index in [4.69, 9.17) is 4.74 Å². The molecule has 0 amide bonds. The number of benzene rings is 1. The molecular formula is C28H35IO3. The predicted octanol–water partition coefficient (Wildman–Crippen LogP) is 6.98. The van der Waals surface area contributed by atoms with E-state index in [0.717, 1.165) is 53.1 Å². The van der Waals surface area contributed by atoms with Gasteiger partial charge in [0.25, 0.3) is 0 Å². The van der Waals surface area contributed by atoms with Gasteiger partial charge in [0, 0.05) is 3.57 Å². The van der Waals surface area contributed by atoms with E-state index in [0.29, 0.717) is 22.8 Å². The Kier molecular flexibility index (Phi) is 5.83. The van der Waals surface area contributed by atoms with Crippen LogP contribution in [0.15, 0.2) is 35.9 Å². The van der Waals surface area contributed by atoms with Crippen LogP contribution in [-0.2, 0) is 9.53 Å². The number of halogens is 1. The Labute approximate surface area is 205 Å². The van der Waals surface area contributed by atoms with Gasteiger partial charge in [0.15, 0.2) is 5.78 Å². The number of carbonyl (C=O) groups is 2. The topological polar surface area (TPSA) is 43.4 Å². The summed E-state index contributed by atoms with van der Waals surface area (Å²) < 4.78 is 7.06. The monoisotopic (exact) mass is 546 g/mol. The molecule has 3 fully saturated rings. The van der Waals surface area contributed by atoms with Gasteiger partial charge in [0.1, 0.15) is 6.10 Å². The second-order valence-corrected chi connectivity index (χ2v) is 12.6. The Morgan fingerprint density at radius 2 is 1.88 bits per heavy atom. The fourth-order valence-corrected chi connectivity index (χ4v) is 8.82. The minimum atomic E-state index is -0.173. The third-order valence-electron chi connectivity index (χ3n) is 9.91. The van der Waals surface area contributed by atoms with Crippen molar-refractivity contribution in [1.29, 1.82) is 0 Å². The van der Waals surface area contributed by atoms with Gasteiger partial charge in [-0.3, -0.25) is 4.79 Å². The smallest absolute Gasteiger partial charge is 0.338 e. The van der Waals surface area contributed by atoms with E-state index in [1.54, 1.807) is 6.92 Å². The first-order chi connectivity index (χ1) is 15.2. The SMILES string of the molecule is CC(=O)C1=CCC2C3CC[C@H]4CC(OC(=O)c5cccc(I)c5)CCC4(C)C3CCC12C. The first-order valence-corrected chi connectivity index (χ1v) is 13.5. The molecule has 4 aliphatic rings. The van der Waals surface area contributed by atoms with Gasteiger partial charge in [0.05, 0.1) is 5.56 Å². The van der Waals surface area contributed by atoms with Crippen molar-refractivity contribution in [3.63, 3.8) is 0 Å². The maximum atomic E-state index is 12.7. The highest BCUT2D eigenvalue weighted by Crippen LogP contribution is 2.66. The van der Waals surface area contributed by atoms with Gasteiger partial charge < -0.3 is 4.74 Å². The van der Waals surface area contributed by atoms with Gasteiger partial charge in [-0.2, -0.15) is 0 Å². The van der Waals surface area contributed by atoms with E-state index in [-0.39, 0.29) is 23.3 Å². The maximum absolute atomic E-state index is 12.7. The summed E-state index contributed by atoms with van der Waals surface area (Å²) in [7, 11) is 0. The van der Waals surface area contributed by atoms with Crippen molar-refractivity contribution in [2.24, 2.45) is 34.5 Å². The minimum Gasteiger partial charge on any atom is -0.459 e. The number of hydrogen-bond acceptors (Lipinski definition) is 3. The third-order valence-corrected chi connectivity index (χ3v) is 10.6. The van der Waals surface area contributed by atoms with Crippen LogP contribution in [0.4, 0.5) is 0 Å². The van der Waals surface area contributed by atoms with Crippen molar-refractivity contribution in [2.45, 2.75) is 78.2 Å². The molecule has 1 aromatic rings. The second kappa shape index (κ2) is 8.25. The Balaban J connectivity index is 1.28. The molecule has 0 aliphatic heterocycles. The van der Waals surface area contributed by atoms with Crippen molar-refractivity contribution in [1.82, 2.24) is 0 Å². The molecule has 0 spiro atoms. The molecule has 3 saturated carbocycles. The van der Waals surface area contributed by atoms with Crippen LogP contribution in [0.25, 0.3) is 0 Å². The normalized spacial score (nSPS) is 40.5. The fourth-order valence-electron chi connectivity index (χ4n) is 8.27. The molecule has 0 aromatic heterocycles. The number of rotatable bonds is 3. The van der Waals surface area contributed by atoms with E-state index in [1.165, 1.54) is 19.3 Å². The molecule has 3 nitrogen and oxygen atoms in total. The molecule has 172 valence electrons. The van der Waals surface area contributed by atoms with Crippen LogP contribution in [0.1, 0.15) is 82.5 Å². The number of fused-ring (bicyclic) bond motifs is 5. The van der Waals surface area contributed by atoms with E-state index in [1.807, 2.05) is 24.3 Å². The summed E-state index contributed by atoms with van der Waals surface area (Å²) >= 11 is 2.24. The first-order valence-electron chi connectivity index (χ1n) is 12.4. The Morgan fingerprint density at radius 1 is 1.06 bits per heavy atom. The van der Waals surface area contributed by atoms with E-state index >= 15 is 0 Å². The summed E-state index contributed by atoms with van der Waals surface area (Å²) in [6, 6.07) is 7.68. The number of hydrogen-bond donors (Lipinski definition) is 0. The highest BCUT2D eigenvalue weighted by molar-refractivity contribution is 14.1. The van der Waals surface area contributed by atoms with Crippen LogP contribution in [0.2, 0.25) is 0 Å². The van der Waals surface area contributed by atoms with E-state index < -0.39 is 0 Å². The predicted molar refractivity (Wildman–Crippen MR) is 134 cm³/mol. The third kappa shape index (κ3) is 3.59. The summed E-state index contributed by atoms with van der Waals surface area (Å²) in [5.41, 5.74) is 2.21. The van der Waals surface area contributed by atoms with Gasteiger partial charge in [-0.1, -0.05) is 26.0 Å². The number of Topliss-reactive ketones (excluding diaryl/α,β-unsaturated/α-hetero) is 1. The van der Waals surface area contributed by atoms with Crippen molar-refractivity contribution < 1.29 is 14.3 Å². The van der Waals surface area contributed by atoms with Gasteiger partial charge in [-0.05, 0) is 139 Å². The van der Waals surface area contributed by atoms with Crippen LogP contribution >= 0.6 is 22.6 Å². The summed E-state index contributed by atoms with van der Waals surface area (Å²) in [6.07, 6.45) is 11.4. The van der Waals surface area contributed by atoms with Crippen LogP contribution in [0.5, 0.6) is 0 Å². The summed E-state index contributed by atoms with van der Waals surface area (Å²) in [5.74, 6) is 2.85. The minimum absolute atomic E-state index is 0.0429. The molecule has 32 heavy (non-hydrogen) atoms. The Bertz CT molecular complexity index is 967. The van der Waals surface area contributed by atoms with Crippen molar-refractivity contribution in [3.05, 3.63) is 45.0 Å². The van der Waals surface area contributed by atoms with Gasteiger partial charge in [-0.25, -0.2) is 4.79 Å². The molecule has 0 heterocycles. The Morgan fingerprint density at radius 3 is 2.62 bits per heavy atom. The molecule has 0 N–H and O–H groups in total. The van der Waals surface area contributed by atoms with Crippen LogP contribution < -0.4 is 0 Å². The van der Waals surface area contributed by atoms with Crippen molar-refractivity contribution in [2.75, 3.05) is 0 Å². The van der Waals surface area contributed by atoms with Gasteiger partial charge in [0.2, 0.25) is 0 Å². The maximum Gasteiger partial charge on any atom is 0.338 e. The lowest BCUT2D eigenvalue weighted by molar-refractivity contribution is -0.125. The molecule has 0 saturated heterocycles. The van der Waals surface area contributed by atoms with Crippen molar-refractivity contribution >= 4 is 34.3 Å².